The van der Waals surface area contributed by atoms with E-state index >= 15 is 0 Å². The Labute approximate surface area is 71.5 Å². The Balaban J connectivity index is 2.86. The molecule has 0 heterocycles. The molecular formula is C10H17B. The van der Waals surface area contributed by atoms with Crippen molar-refractivity contribution in [2.45, 2.75) is 40.5 Å². The summed E-state index contributed by atoms with van der Waals surface area (Å²) in [6, 6.07) is 0. The summed E-state index contributed by atoms with van der Waals surface area (Å²) < 4.78 is 0. The van der Waals surface area contributed by atoms with Crippen molar-refractivity contribution >= 4 is 7.85 Å². The van der Waals surface area contributed by atoms with Crippen LogP contribution >= 0.6 is 0 Å². The van der Waals surface area contributed by atoms with Gasteiger partial charge in [-0.1, -0.05) is 33.8 Å². The van der Waals surface area contributed by atoms with E-state index in [9.17, 15) is 0 Å². The van der Waals surface area contributed by atoms with Crippen LogP contribution in [0.2, 0.25) is 0 Å². The van der Waals surface area contributed by atoms with Crippen molar-refractivity contribution in [1.29, 1.82) is 0 Å². The van der Waals surface area contributed by atoms with Gasteiger partial charge in [0.2, 0.25) is 0 Å². The Bertz CT molecular complexity index is 187. The fraction of sp³-hybridized carbons (Fsp3) is 0.800. The summed E-state index contributed by atoms with van der Waals surface area (Å²) >= 11 is 0. The quantitative estimate of drug-likeness (QED) is 0.463. The van der Waals surface area contributed by atoms with Crippen LogP contribution in [0.4, 0.5) is 0 Å². The van der Waals surface area contributed by atoms with Crippen LogP contribution in [0.25, 0.3) is 0 Å². The normalized spacial score (nSPS) is 27.8. The molecule has 1 aliphatic rings. The minimum absolute atomic E-state index is 0.297. The Morgan fingerprint density at radius 3 is 2.18 bits per heavy atom. The van der Waals surface area contributed by atoms with Gasteiger partial charge in [0.25, 0.3) is 0 Å². The van der Waals surface area contributed by atoms with Crippen molar-refractivity contribution in [3.63, 3.8) is 0 Å². The highest BCUT2D eigenvalue weighted by Gasteiger charge is 2.31. The van der Waals surface area contributed by atoms with Crippen molar-refractivity contribution in [1.82, 2.24) is 0 Å². The zero-order chi connectivity index (χ0) is 8.70. The number of rotatable bonds is 0. The third-order valence-electron chi connectivity index (χ3n) is 2.19. The van der Waals surface area contributed by atoms with Crippen LogP contribution in [0.5, 0.6) is 0 Å². The summed E-state index contributed by atoms with van der Waals surface area (Å²) in [7, 11) is 5.85. The van der Waals surface area contributed by atoms with Crippen LogP contribution in [0, 0.1) is 10.8 Å². The smallest absolute Gasteiger partial charge is 0.107 e. The van der Waals surface area contributed by atoms with Crippen LogP contribution in [-0.2, 0) is 0 Å². The second kappa shape index (κ2) is 2.40. The summed E-state index contributed by atoms with van der Waals surface area (Å²) in [5.41, 5.74) is 1.75. The fourth-order valence-corrected chi connectivity index (χ4v) is 2.45. The van der Waals surface area contributed by atoms with E-state index in [1.54, 1.807) is 0 Å². The zero-order valence-corrected chi connectivity index (χ0v) is 8.07. The molecule has 0 atom stereocenters. The monoisotopic (exact) mass is 148 g/mol. The molecule has 1 aliphatic carbocycles. The molecule has 0 aromatic carbocycles. The van der Waals surface area contributed by atoms with Gasteiger partial charge in [0, 0.05) is 0 Å². The highest BCUT2D eigenvalue weighted by Crippen LogP contribution is 2.43. The molecule has 0 bridgehead atoms. The van der Waals surface area contributed by atoms with E-state index in [1.807, 2.05) is 0 Å². The lowest BCUT2D eigenvalue weighted by atomic mass is 9.63. The summed E-state index contributed by atoms with van der Waals surface area (Å²) in [6.07, 6.45) is 4.50. The molecule has 0 nitrogen and oxygen atoms in total. The third kappa shape index (κ3) is 2.39. The lowest BCUT2D eigenvalue weighted by Crippen LogP contribution is -2.27. The highest BCUT2D eigenvalue weighted by atomic mass is 14.4. The van der Waals surface area contributed by atoms with Gasteiger partial charge >= 0.3 is 0 Å². The number of allylic oxidation sites excluding steroid dienone is 2. The van der Waals surface area contributed by atoms with Gasteiger partial charge in [0.1, 0.15) is 7.85 Å². The maximum atomic E-state index is 5.85. The topological polar surface area (TPSA) is 0 Å². The Hall–Kier alpha value is -0.195. The first-order chi connectivity index (χ1) is 4.81. The second-order valence-corrected chi connectivity index (χ2v) is 5.23. The Morgan fingerprint density at radius 1 is 1.27 bits per heavy atom. The summed E-state index contributed by atoms with van der Waals surface area (Å²) in [6.45, 7) is 9.07. The van der Waals surface area contributed by atoms with E-state index in [1.165, 1.54) is 6.42 Å². The second-order valence-electron chi connectivity index (χ2n) is 5.23. The van der Waals surface area contributed by atoms with Gasteiger partial charge in [-0.2, -0.15) is 0 Å². The third-order valence-corrected chi connectivity index (χ3v) is 2.19. The molecule has 0 N–H and O–H groups in total. The Kier molecular flexibility index (Phi) is 1.94. The molecule has 0 saturated carbocycles. The first-order valence-corrected chi connectivity index (χ1v) is 4.28. The average molecular weight is 148 g/mol. The molecule has 2 radical (unpaired) electrons. The zero-order valence-electron chi connectivity index (χ0n) is 8.07. The molecule has 0 spiro atoms. The van der Waals surface area contributed by atoms with Gasteiger partial charge in [-0.3, -0.25) is 0 Å². The molecule has 0 amide bonds. The standard InChI is InChI=1S/C10H17B/c1-9(2)5-8(11)6-10(3,4)7-9/h5H,6-7H2,1-4H3. The van der Waals surface area contributed by atoms with Crippen LogP contribution in [0.3, 0.4) is 0 Å². The SMILES string of the molecule is [B]C1=CC(C)(C)CC(C)(C)C1. The lowest BCUT2D eigenvalue weighted by molar-refractivity contribution is 0.220. The molecule has 0 aliphatic heterocycles. The molecule has 0 aromatic heterocycles. The molecule has 0 unspecified atom stereocenters. The molecule has 0 aromatic rings. The van der Waals surface area contributed by atoms with Gasteiger partial charge in [-0.15, -0.1) is 5.47 Å². The molecule has 1 rings (SSSR count). The van der Waals surface area contributed by atoms with Gasteiger partial charge in [-0.05, 0) is 23.7 Å². The maximum absolute atomic E-state index is 5.85. The molecule has 11 heavy (non-hydrogen) atoms. The van der Waals surface area contributed by atoms with E-state index in [0.29, 0.717) is 10.8 Å². The van der Waals surface area contributed by atoms with Gasteiger partial charge < -0.3 is 0 Å². The number of hydrogen-bond donors (Lipinski definition) is 0. The van der Waals surface area contributed by atoms with Gasteiger partial charge in [0.05, 0.1) is 0 Å². The molecule has 0 saturated heterocycles. The maximum Gasteiger partial charge on any atom is 0.107 e. The van der Waals surface area contributed by atoms with E-state index < -0.39 is 0 Å². The predicted molar refractivity (Wildman–Crippen MR) is 50.6 cm³/mol. The summed E-state index contributed by atoms with van der Waals surface area (Å²) in [4.78, 5) is 0. The predicted octanol–water partition coefficient (Wildman–Crippen LogP) is 2.89. The number of hydrogen-bond acceptors (Lipinski definition) is 0. The van der Waals surface area contributed by atoms with E-state index in [2.05, 4.69) is 33.8 Å². The van der Waals surface area contributed by atoms with E-state index in [4.69, 9.17) is 7.85 Å². The van der Waals surface area contributed by atoms with Gasteiger partial charge in [-0.25, -0.2) is 0 Å². The Morgan fingerprint density at radius 2 is 1.82 bits per heavy atom. The van der Waals surface area contributed by atoms with Gasteiger partial charge in [0.15, 0.2) is 0 Å². The van der Waals surface area contributed by atoms with Crippen molar-refractivity contribution in [3.05, 3.63) is 11.5 Å². The summed E-state index contributed by atoms with van der Waals surface area (Å²) in [5, 5.41) is 0. The first-order valence-electron chi connectivity index (χ1n) is 4.28. The lowest BCUT2D eigenvalue weighted by Gasteiger charge is -2.39. The summed E-state index contributed by atoms with van der Waals surface area (Å²) in [5.74, 6) is 0. The minimum Gasteiger partial charge on any atom is -0.121 e. The van der Waals surface area contributed by atoms with Crippen LogP contribution in [0.1, 0.15) is 40.5 Å². The van der Waals surface area contributed by atoms with E-state index in [0.717, 1.165) is 11.9 Å². The minimum atomic E-state index is 0.297. The van der Waals surface area contributed by atoms with Crippen molar-refractivity contribution in [2.24, 2.45) is 10.8 Å². The average Bonchev–Trinajstić information content (AvgIpc) is 1.49. The molecule has 1 heteroatoms. The molecule has 60 valence electrons. The van der Waals surface area contributed by atoms with Crippen LogP contribution in [0.15, 0.2) is 11.5 Å². The van der Waals surface area contributed by atoms with E-state index in [-0.39, 0.29) is 0 Å². The van der Waals surface area contributed by atoms with Crippen molar-refractivity contribution < 1.29 is 0 Å². The fourth-order valence-electron chi connectivity index (χ4n) is 2.45. The first kappa shape index (κ1) is 8.90. The van der Waals surface area contributed by atoms with Crippen LogP contribution in [-0.4, -0.2) is 7.85 Å². The largest absolute Gasteiger partial charge is 0.121 e. The van der Waals surface area contributed by atoms with Crippen molar-refractivity contribution in [3.8, 4) is 0 Å². The molecular weight excluding hydrogens is 131 g/mol. The van der Waals surface area contributed by atoms with Crippen molar-refractivity contribution in [2.75, 3.05) is 0 Å². The highest BCUT2D eigenvalue weighted by molar-refractivity contribution is 6.21. The van der Waals surface area contributed by atoms with Crippen LogP contribution < -0.4 is 0 Å². The molecule has 0 fully saturated rings.